The van der Waals surface area contributed by atoms with Gasteiger partial charge in [-0.1, -0.05) is 13.0 Å². The number of nitrogens with one attached hydrogen (secondary N) is 2. The van der Waals surface area contributed by atoms with E-state index in [1.54, 1.807) is 31.2 Å². The quantitative estimate of drug-likeness (QED) is 0.638. The Morgan fingerprint density at radius 2 is 1.90 bits per heavy atom. The zero-order valence-corrected chi connectivity index (χ0v) is 17.6. The number of rotatable bonds is 7. The number of aryl methyl sites for hydroxylation is 1. The van der Waals surface area contributed by atoms with Crippen LogP contribution in [0.4, 0.5) is 10.7 Å². The SMILES string of the molecule is CCCC(=O)Nc1cccc(C(=O)Nc2sc3c(c2C(=O)OCC)CCCC3)c1. The highest BCUT2D eigenvalue weighted by Gasteiger charge is 2.27. The molecule has 0 saturated carbocycles. The minimum absolute atomic E-state index is 0.0828. The van der Waals surface area contributed by atoms with Gasteiger partial charge in [-0.3, -0.25) is 9.59 Å². The number of amides is 2. The summed E-state index contributed by atoms with van der Waals surface area (Å²) in [5, 5.41) is 6.24. The molecule has 1 aromatic heterocycles. The third-order valence-corrected chi connectivity index (χ3v) is 5.97. The normalized spacial score (nSPS) is 12.8. The van der Waals surface area contributed by atoms with Gasteiger partial charge in [0.25, 0.3) is 5.91 Å². The van der Waals surface area contributed by atoms with Crippen LogP contribution < -0.4 is 10.6 Å². The van der Waals surface area contributed by atoms with E-state index in [4.69, 9.17) is 4.74 Å². The first kappa shape index (κ1) is 21.0. The summed E-state index contributed by atoms with van der Waals surface area (Å²) in [4.78, 5) is 38.4. The lowest BCUT2D eigenvalue weighted by Gasteiger charge is -2.12. The number of ether oxygens (including phenoxy) is 1. The van der Waals surface area contributed by atoms with Crippen LogP contribution in [0.25, 0.3) is 0 Å². The van der Waals surface area contributed by atoms with Crippen molar-refractivity contribution >= 4 is 39.8 Å². The topological polar surface area (TPSA) is 84.5 Å². The molecule has 0 bridgehead atoms. The second-order valence-electron chi connectivity index (χ2n) is 6.97. The van der Waals surface area contributed by atoms with Gasteiger partial charge < -0.3 is 15.4 Å². The summed E-state index contributed by atoms with van der Waals surface area (Å²) < 4.78 is 5.24. The van der Waals surface area contributed by atoms with Crippen molar-refractivity contribution < 1.29 is 19.1 Å². The molecule has 1 aliphatic rings. The van der Waals surface area contributed by atoms with Crippen molar-refractivity contribution in [2.75, 3.05) is 17.2 Å². The maximum absolute atomic E-state index is 12.9. The molecule has 0 unspecified atom stereocenters. The van der Waals surface area contributed by atoms with Gasteiger partial charge in [0.1, 0.15) is 5.00 Å². The van der Waals surface area contributed by atoms with Crippen LogP contribution in [-0.2, 0) is 22.4 Å². The Kier molecular flexibility index (Phi) is 7.04. The lowest BCUT2D eigenvalue weighted by molar-refractivity contribution is -0.116. The molecule has 6 nitrogen and oxygen atoms in total. The number of carbonyl (C=O) groups excluding carboxylic acids is 3. The first-order valence-corrected chi connectivity index (χ1v) is 10.9. The third kappa shape index (κ3) is 5.03. The van der Waals surface area contributed by atoms with Gasteiger partial charge in [-0.2, -0.15) is 0 Å². The molecule has 0 atom stereocenters. The average molecular weight is 415 g/mol. The van der Waals surface area contributed by atoms with Crippen LogP contribution in [0, 0.1) is 0 Å². The van der Waals surface area contributed by atoms with Gasteiger partial charge in [-0.25, -0.2) is 4.79 Å². The van der Waals surface area contributed by atoms with E-state index in [2.05, 4.69) is 10.6 Å². The lowest BCUT2D eigenvalue weighted by Crippen LogP contribution is -2.16. The van der Waals surface area contributed by atoms with Gasteiger partial charge in [0.15, 0.2) is 0 Å². The van der Waals surface area contributed by atoms with Gasteiger partial charge in [0.05, 0.1) is 12.2 Å². The summed E-state index contributed by atoms with van der Waals surface area (Å²) in [6, 6.07) is 6.79. The number of hydrogen-bond donors (Lipinski definition) is 2. The van der Waals surface area contributed by atoms with E-state index in [0.717, 1.165) is 42.5 Å². The minimum Gasteiger partial charge on any atom is -0.462 e. The highest BCUT2D eigenvalue weighted by atomic mass is 32.1. The third-order valence-electron chi connectivity index (χ3n) is 4.76. The number of hydrogen-bond acceptors (Lipinski definition) is 5. The number of fused-ring (bicyclic) bond motifs is 1. The van der Waals surface area contributed by atoms with Crippen LogP contribution >= 0.6 is 11.3 Å². The number of carbonyl (C=O) groups is 3. The Labute approximate surface area is 174 Å². The van der Waals surface area contributed by atoms with Crippen molar-refractivity contribution in [3.8, 4) is 0 Å². The summed E-state index contributed by atoms with van der Waals surface area (Å²) in [5.74, 6) is -0.788. The summed E-state index contributed by atoms with van der Waals surface area (Å²) >= 11 is 1.46. The second-order valence-corrected chi connectivity index (χ2v) is 8.07. The molecule has 2 N–H and O–H groups in total. The Bertz CT molecular complexity index is 920. The molecule has 1 aromatic carbocycles. The van der Waals surface area contributed by atoms with E-state index >= 15 is 0 Å². The van der Waals surface area contributed by atoms with Crippen LogP contribution in [0.3, 0.4) is 0 Å². The summed E-state index contributed by atoms with van der Waals surface area (Å²) in [7, 11) is 0. The van der Waals surface area contributed by atoms with E-state index < -0.39 is 0 Å². The van der Waals surface area contributed by atoms with E-state index in [0.29, 0.717) is 28.2 Å². The average Bonchev–Trinajstić information content (AvgIpc) is 3.06. The molecule has 2 aromatic rings. The fourth-order valence-electron chi connectivity index (χ4n) is 3.44. The monoisotopic (exact) mass is 414 g/mol. The first-order valence-electron chi connectivity index (χ1n) is 10.1. The van der Waals surface area contributed by atoms with E-state index in [1.165, 1.54) is 11.3 Å². The Balaban J connectivity index is 1.83. The van der Waals surface area contributed by atoms with Crippen LogP contribution in [0.2, 0.25) is 0 Å². The maximum atomic E-state index is 12.9. The second kappa shape index (κ2) is 9.69. The highest BCUT2D eigenvalue weighted by Crippen LogP contribution is 2.38. The van der Waals surface area contributed by atoms with Crippen molar-refractivity contribution in [1.29, 1.82) is 0 Å². The molecule has 2 amide bonds. The molecule has 0 spiro atoms. The van der Waals surface area contributed by atoms with Crippen molar-refractivity contribution in [3.05, 3.63) is 45.8 Å². The fraction of sp³-hybridized carbons (Fsp3) is 0.409. The molecule has 0 radical (unpaired) electrons. The van der Waals surface area contributed by atoms with Crippen molar-refractivity contribution in [3.63, 3.8) is 0 Å². The summed E-state index contributed by atoms with van der Waals surface area (Å²) in [6.07, 6.45) is 5.05. The number of anilines is 2. The van der Waals surface area contributed by atoms with Crippen molar-refractivity contribution in [1.82, 2.24) is 0 Å². The molecule has 29 heavy (non-hydrogen) atoms. The lowest BCUT2D eigenvalue weighted by atomic mass is 9.95. The van der Waals surface area contributed by atoms with Crippen LogP contribution in [-0.4, -0.2) is 24.4 Å². The van der Waals surface area contributed by atoms with Gasteiger partial charge in [-0.15, -0.1) is 11.3 Å². The first-order chi connectivity index (χ1) is 14.0. The molecule has 1 aliphatic carbocycles. The van der Waals surface area contributed by atoms with E-state index in [-0.39, 0.29) is 24.4 Å². The number of thiophene rings is 1. The standard InChI is InChI=1S/C22H26N2O4S/c1-3-8-18(25)23-15-10-7-9-14(13-15)20(26)24-21-19(22(27)28-4-2)16-11-5-6-12-17(16)29-21/h7,9-10,13H,3-6,8,11-12H2,1-2H3,(H,23,25)(H,24,26). The fourth-order valence-corrected chi connectivity index (χ4v) is 4.71. The Hall–Kier alpha value is -2.67. The molecule has 1 heterocycles. The molecule has 0 aliphatic heterocycles. The molecule has 0 saturated heterocycles. The highest BCUT2D eigenvalue weighted by molar-refractivity contribution is 7.17. The molecular weight excluding hydrogens is 388 g/mol. The summed E-state index contributed by atoms with van der Waals surface area (Å²) in [6.45, 7) is 3.99. The molecule has 3 rings (SSSR count). The van der Waals surface area contributed by atoms with Crippen LogP contribution in [0.1, 0.15) is 70.7 Å². The number of benzene rings is 1. The summed E-state index contributed by atoms with van der Waals surface area (Å²) in [5.41, 5.74) is 2.50. The molecule has 0 fully saturated rings. The van der Waals surface area contributed by atoms with Gasteiger partial charge in [0.2, 0.25) is 5.91 Å². The van der Waals surface area contributed by atoms with Crippen molar-refractivity contribution in [2.24, 2.45) is 0 Å². The van der Waals surface area contributed by atoms with E-state index in [1.807, 2.05) is 6.92 Å². The Morgan fingerprint density at radius 3 is 2.66 bits per heavy atom. The van der Waals surface area contributed by atoms with Gasteiger partial charge >= 0.3 is 5.97 Å². The smallest absolute Gasteiger partial charge is 0.341 e. The Morgan fingerprint density at radius 1 is 1.10 bits per heavy atom. The maximum Gasteiger partial charge on any atom is 0.341 e. The molecule has 7 heteroatoms. The largest absolute Gasteiger partial charge is 0.462 e. The van der Waals surface area contributed by atoms with Gasteiger partial charge in [-0.05, 0) is 62.8 Å². The predicted molar refractivity (Wildman–Crippen MR) is 115 cm³/mol. The van der Waals surface area contributed by atoms with Crippen LogP contribution in [0.15, 0.2) is 24.3 Å². The zero-order chi connectivity index (χ0) is 20.8. The van der Waals surface area contributed by atoms with Gasteiger partial charge in [0, 0.05) is 22.5 Å². The molecule has 154 valence electrons. The minimum atomic E-state index is -0.386. The predicted octanol–water partition coefficient (Wildman–Crippen LogP) is 4.79. The zero-order valence-electron chi connectivity index (χ0n) is 16.8. The van der Waals surface area contributed by atoms with E-state index in [9.17, 15) is 14.4 Å². The van der Waals surface area contributed by atoms with Crippen molar-refractivity contribution in [2.45, 2.75) is 52.4 Å². The molecular formula is C22H26N2O4S. The number of esters is 1. The van der Waals surface area contributed by atoms with Crippen LogP contribution in [0.5, 0.6) is 0 Å².